The predicted molar refractivity (Wildman–Crippen MR) is 87.0 cm³/mol. The quantitative estimate of drug-likeness (QED) is 0.682. The highest BCUT2D eigenvalue weighted by Gasteiger charge is 2.17. The van der Waals surface area contributed by atoms with Crippen LogP contribution in [-0.4, -0.2) is 4.98 Å². The van der Waals surface area contributed by atoms with E-state index in [1.54, 1.807) is 0 Å². The van der Waals surface area contributed by atoms with E-state index in [1.807, 2.05) is 6.07 Å². The molecule has 0 fully saturated rings. The highest BCUT2D eigenvalue weighted by molar-refractivity contribution is 5.74. The number of nitrogens with one attached hydrogen (secondary N) is 3. The SMILES string of the molecule is CC(C)(C)c1ccc(Cc2cc(N)nc3c2NNN3)cc1. The van der Waals surface area contributed by atoms with Gasteiger partial charge in [0, 0.05) is 0 Å². The fourth-order valence-electron chi connectivity index (χ4n) is 2.48. The number of pyridine rings is 1. The zero-order chi connectivity index (χ0) is 15.0. The Morgan fingerprint density at radius 1 is 1.10 bits per heavy atom. The minimum absolute atomic E-state index is 0.177. The molecule has 3 rings (SSSR count). The lowest BCUT2D eigenvalue weighted by molar-refractivity contribution is 0.590. The van der Waals surface area contributed by atoms with Crippen molar-refractivity contribution in [2.75, 3.05) is 16.6 Å². The first kappa shape index (κ1) is 13.7. The average Bonchev–Trinajstić information content (AvgIpc) is 2.86. The van der Waals surface area contributed by atoms with Crippen LogP contribution in [-0.2, 0) is 11.8 Å². The lowest BCUT2D eigenvalue weighted by Crippen LogP contribution is -2.19. The molecule has 5 nitrogen and oxygen atoms in total. The van der Waals surface area contributed by atoms with Gasteiger partial charge in [-0.25, -0.2) is 4.98 Å². The smallest absolute Gasteiger partial charge is 0.169 e. The molecule has 0 unspecified atom stereocenters. The van der Waals surface area contributed by atoms with Gasteiger partial charge in [0.05, 0.1) is 5.69 Å². The Morgan fingerprint density at radius 3 is 2.48 bits per heavy atom. The molecule has 1 aliphatic heterocycles. The molecular formula is C16H21N5. The van der Waals surface area contributed by atoms with Gasteiger partial charge in [0.15, 0.2) is 5.82 Å². The molecule has 0 amide bonds. The van der Waals surface area contributed by atoms with Gasteiger partial charge in [-0.15, -0.1) is 5.53 Å². The van der Waals surface area contributed by atoms with Crippen LogP contribution in [0.4, 0.5) is 17.3 Å². The van der Waals surface area contributed by atoms with Crippen LogP contribution in [0.3, 0.4) is 0 Å². The Kier molecular flexibility index (Phi) is 3.22. The van der Waals surface area contributed by atoms with Gasteiger partial charge >= 0.3 is 0 Å². The van der Waals surface area contributed by atoms with E-state index in [9.17, 15) is 0 Å². The minimum Gasteiger partial charge on any atom is -0.384 e. The molecule has 0 atom stereocenters. The molecule has 0 bridgehead atoms. The second-order valence-corrected chi connectivity index (χ2v) is 6.43. The molecule has 2 aromatic rings. The number of aromatic nitrogens is 1. The Balaban J connectivity index is 1.88. The summed E-state index contributed by atoms with van der Waals surface area (Å²) >= 11 is 0. The predicted octanol–water partition coefficient (Wildman–Crippen LogP) is 2.81. The zero-order valence-electron chi connectivity index (χ0n) is 12.6. The third-order valence-electron chi connectivity index (χ3n) is 3.70. The van der Waals surface area contributed by atoms with Gasteiger partial charge in [-0.2, -0.15) is 0 Å². The van der Waals surface area contributed by atoms with Gasteiger partial charge in [-0.1, -0.05) is 45.0 Å². The van der Waals surface area contributed by atoms with E-state index in [1.165, 1.54) is 11.1 Å². The van der Waals surface area contributed by atoms with Crippen molar-refractivity contribution in [1.82, 2.24) is 10.5 Å². The van der Waals surface area contributed by atoms with Crippen LogP contribution >= 0.6 is 0 Å². The van der Waals surface area contributed by atoms with Crippen LogP contribution in [0.15, 0.2) is 30.3 Å². The summed E-state index contributed by atoms with van der Waals surface area (Å²) in [6.45, 7) is 6.67. The Hall–Kier alpha value is -2.27. The molecule has 110 valence electrons. The van der Waals surface area contributed by atoms with Crippen LogP contribution in [0.5, 0.6) is 0 Å². The summed E-state index contributed by atoms with van der Waals surface area (Å²) in [7, 11) is 0. The van der Waals surface area contributed by atoms with Gasteiger partial charge in [-0.3, -0.25) is 5.43 Å². The third-order valence-corrected chi connectivity index (χ3v) is 3.70. The highest BCUT2D eigenvalue weighted by Crippen LogP contribution is 2.30. The number of hydrazine groups is 2. The monoisotopic (exact) mass is 283 g/mol. The molecule has 0 spiro atoms. The number of fused-ring (bicyclic) bond motifs is 1. The first-order valence-electron chi connectivity index (χ1n) is 7.09. The van der Waals surface area contributed by atoms with Crippen molar-refractivity contribution in [2.24, 2.45) is 0 Å². The average molecular weight is 283 g/mol. The Morgan fingerprint density at radius 2 is 1.81 bits per heavy atom. The van der Waals surface area contributed by atoms with E-state index in [4.69, 9.17) is 5.73 Å². The van der Waals surface area contributed by atoms with Crippen LogP contribution < -0.4 is 22.1 Å². The van der Waals surface area contributed by atoms with Crippen LogP contribution in [0.1, 0.15) is 37.5 Å². The molecular weight excluding hydrogens is 262 g/mol. The number of rotatable bonds is 2. The van der Waals surface area contributed by atoms with Crippen LogP contribution in [0.25, 0.3) is 0 Å². The summed E-state index contributed by atoms with van der Waals surface area (Å²) in [5.74, 6) is 1.27. The number of nitrogen functional groups attached to an aromatic ring is 1. The summed E-state index contributed by atoms with van der Waals surface area (Å²) < 4.78 is 0. The number of benzene rings is 1. The van der Waals surface area contributed by atoms with Crippen molar-refractivity contribution in [3.05, 3.63) is 47.0 Å². The second kappa shape index (κ2) is 4.93. The molecule has 5 heteroatoms. The summed E-state index contributed by atoms with van der Waals surface area (Å²) in [6.07, 6.45) is 0.815. The van der Waals surface area contributed by atoms with Crippen molar-refractivity contribution in [1.29, 1.82) is 0 Å². The summed E-state index contributed by atoms with van der Waals surface area (Å²) in [5, 5.41) is 0. The molecule has 1 aromatic carbocycles. The van der Waals surface area contributed by atoms with Crippen molar-refractivity contribution in [2.45, 2.75) is 32.6 Å². The van der Waals surface area contributed by atoms with E-state index in [-0.39, 0.29) is 5.41 Å². The van der Waals surface area contributed by atoms with Crippen molar-refractivity contribution in [3.8, 4) is 0 Å². The first-order chi connectivity index (χ1) is 9.93. The molecule has 0 radical (unpaired) electrons. The fraction of sp³-hybridized carbons (Fsp3) is 0.312. The first-order valence-corrected chi connectivity index (χ1v) is 7.09. The minimum atomic E-state index is 0.177. The number of anilines is 3. The topological polar surface area (TPSA) is 75.0 Å². The molecule has 5 N–H and O–H groups in total. The largest absolute Gasteiger partial charge is 0.384 e. The lowest BCUT2D eigenvalue weighted by atomic mass is 9.86. The van der Waals surface area contributed by atoms with E-state index in [2.05, 4.69) is 66.4 Å². The molecule has 0 saturated carbocycles. The van der Waals surface area contributed by atoms with E-state index in [0.717, 1.165) is 23.5 Å². The summed E-state index contributed by atoms with van der Waals surface area (Å²) in [6, 6.07) is 10.7. The summed E-state index contributed by atoms with van der Waals surface area (Å²) in [5.41, 5.74) is 19.6. The Bertz CT molecular complexity index is 656. The molecule has 0 aliphatic carbocycles. The van der Waals surface area contributed by atoms with Gasteiger partial charge in [0.2, 0.25) is 0 Å². The van der Waals surface area contributed by atoms with E-state index < -0.39 is 0 Å². The zero-order valence-corrected chi connectivity index (χ0v) is 12.6. The van der Waals surface area contributed by atoms with E-state index in [0.29, 0.717) is 5.82 Å². The van der Waals surface area contributed by atoms with Crippen molar-refractivity contribution < 1.29 is 0 Å². The number of nitrogens with zero attached hydrogens (tertiary/aromatic N) is 1. The molecule has 1 aliphatic rings. The van der Waals surface area contributed by atoms with Gasteiger partial charge in [-0.05, 0) is 34.6 Å². The highest BCUT2D eigenvalue weighted by atomic mass is 15.6. The number of hydrogen-bond donors (Lipinski definition) is 4. The molecule has 1 aromatic heterocycles. The molecule has 0 saturated heterocycles. The maximum atomic E-state index is 5.86. The van der Waals surface area contributed by atoms with Crippen molar-refractivity contribution in [3.63, 3.8) is 0 Å². The number of nitrogens with two attached hydrogens (primary N) is 1. The van der Waals surface area contributed by atoms with Crippen LogP contribution in [0.2, 0.25) is 0 Å². The fourth-order valence-corrected chi connectivity index (χ4v) is 2.48. The third kappa shape index (κ3) is 2.78. The lowest BCUT2D eigenvalue weighted by Gasteiger charge is -2.19. The molecule has 21 heavy (non-hydrogen) atoms. The van der Waals surface area contributed by atoms with E-state index >= 15 is 0 Å². The normalized spacial score (nSPS) is 13.5. The van der Waals surface area contributed by atoms with Gasteiger partial charge < -0.3 is 11.2 Å². The molecule has 2 heterocycles. The second-order valence-electron chi connectivity index (χ2n) is 6.43. The standard InChI is InChI=1S/C16H21N5/c1-16(2,3)12-6-4-10(5-7-12)8-11-9-13(17)18-15-14(11)19-21-20-15/h4-7,9,19,21H,8H2,1-3H3,(H3,17,18,20). The Labute approximate surface area is 124 Å². The van der Waals surface area contributed by atoms with Gasteiger partial charge in [0.25, 0.3) is 0 Å². The maximum absolute atomic E-state index is 5.86. The van der Waals surface area contributed by atoms with Crippen LogP contribution in [0, 0.1) is 0 Å². The van der Waals surface area contributed by atoms with Crippen molar-refractivity contribution >= 4 is 17.3 Å². The maximum Gasteiger partial charge on any atom is 0.169 e. The van der Waals surface area contributed by atoms with Gasteiger partial charge in [0.1, 0.15) is 5.82 Å². The number of hydrogen-bond acceptors (Lipinski definition) is 5. The summed E-state index contributed by atoms with van der Waals surface area (Å²) in [4.78, 5) is 4.24.